The molecular formula is C20H23ClN4O3. The maximum atomic E-state index is 13.1. The fourth-order valence-electron chi connectivity index (χ4n) is 3.51. The van der Waals surface area contributed by atoms with Gasteiger partial charge in [-0.05, 0) is 31.0 Å². The molecule has 1 atom stereocenters. The van der Waals surface area contributed by atoms with Crippen molar-refractivity contribution in [2.24, 2.45) is 14.1 Å². The zero-order chi connectivity index (χ0) is 20.6. The van der Waals surface area contributed by atoms with E-state index >= 15 is 0 Å². The highest BCUT2D eigenvalue weighted by molar-refractivity contribution is 6.30. The summed E-state index contributed by atoms with van der Waals surface area (Å²) in [6, 6.07) is 7.05. The molecule has 0 spiro atoms. The van der Waals surface area contributed by atoms with E-state index in [0.29, 0.717) is 34.2 Å². The summed E-state index contributed by atoms with van der Waals surface area (Å²) in [7, 11) is 3.04. The molecule has 0 fully saturated rings. The molecule has 0 saturated carbocycles. The number of anilines is 1. The number of halogens is 1. The number of fused-ring (bicyclic) bond motifs is 1. The van der Waals surface area contributed by atoms with Gasteiger partial charge in [-0.15, -0.1) is 0 Å². The van der Waals surface area contributed by atoms with Crippen LogP contribution in [0.2, 0.25) is 5.02 Å². The number of benzene rings is 1. The molecule has 2 N–H and O–H groups in total. The highest BCUT2D eigenvalue weighted by Crippen LogP contribution is 2.39. The van der Waals surface area contributed by atoms with Gasteiger partial charge >= 0.3 is 5.69 Å². The molecule has 1 aliphatic heterocycles. The first-order valence-electron chi connectivity index (χ1n) is 9.09. The first kappa shape index (κ1) is 19.9. The first-order valence-corrected chi connectivity index (χ1v) is 9.47. The molecule has 2 aromatic rings. The summed E-state index contributed by atoms with van der Waals surface area (Å²) in [5, 5.41) is 6.55. The van der Waals surface area contributed by atoms with Crippen LogP contribution in [-0.2, 0) is 18.9 Å². The third kappa shape index (κ3) is 3.26. The molecule has 0 radical (unpaired) electrons. The lowest BCUT2D eigenvalue weighted by atomic mass is 9.81. The van der Waals surface area contributed by atoms with Crippen LogP contribution in [0.5, 0.6) is 0 Å². The van der Waals surface area contributed by atoms with E-state index in [1.54, 1.807) is 38.2 Å². The van der Waals surface area contributed by atoms with Gasteiger partial charge in [-0.3, -0.25) is 18.7 Å². The van der Waals surface area contributed by atoms with E-state index in [9.17, 15) is 14.4 Å². The Morgan fingerprint density at radius 3 is 2.43 bits per heavy atom. The Kier molecular flexibility index (Phi) is 5.47. The van der Waals surface area contributed by atoms with Gasteiger partial charge in [0.05, 0.1) is 11.5 Å². The molecule has 148 valence electrons. The van der Waals surface area contributed by atoms with Crippen LogP contribution in [0.1, 0.15) is 37.3 Å². The van der Waals surface area contributed by atoms with Crippen molar-refractivity contribution in [1.82, 2.24) is 14.5 Å². The van der Waals surface area contributed by atoms with Gasteiger partial charge in [0.1, 0.15) is 5.82 Å². The second kappa shape index (κ2) is 7.67. The Balaban J connectivity index is 2.32. The van der Waals surface area contributed by atoms with Crippen molar-refractivity contribution in [3.8, 4) is 0 Å². The minimum Gasteiger partial charge on any atom is -0.352 e. The fraction of sp³-hybridized carbons (Fsp3) is 0.350. The summed E-state index contributed by atoms with van der Waals surface area (Å²) in [6.07, 6.45) is 0.796. The Labute approximate surface area is 167 Å². The number of carbonyl (C=O) groups excluding carboxylic acids is 1. The number of carbonyl (C=O) groups is 1. The quantitative estimate of drug-likeness (QED) is 0.820. The predicted octanol–water partition coefficient (Wildman–Crippen LogP) is 2.09. The summed E-state index contributed by atoms with van der Waals surface area (Å²) in [5.74, 6) is -0.457. The van der Waals surface area contributed by atoms with Crippen molar-refractivity contribution < 1.29 is 4.79 Å². The SMILES string of the molecule is CCCNC(=O)C1=C(C)Nc2c(c(=O)n(C)c(=O)n2C)C1c1ccc(Cl)cc1. The third-order valence-corrected chi connectivity index (χ3v) is 5.22. The van der Waals surface area contributed by atoms with Gasteiger partial charge in [0.15, 0.2) is 0 Å². The van der Waals surface area contributed by atoms with Crippen molar-refractivity contribution in [3.63, 3.8) is 0 Å². The first-order chi connectivity index (χ1) is 13.3. The smallest absolute Gasteiger partial charge is 0.332 e. The number of rotatable bonds is 4. The molecule has 3 rings (SSSR count). The van der Waals surface area contributed by atoms with Crippen LogP contribution < -0.4 is 21.9 Å². The average molecular weight is 403 g/mol. The van der Waals surface area contributed by atoms with Crippen LogP contribution in [0.3, 0.4) is 0 Å². The molecule has 7 nitrogen and oxygen atoms in total. The molecule has 28 heavy (non-hydrogen) atoms. The molecule has 1 aliphatic rings. The minimum absolute atomic E-state index is 0.242. The van der Waals surface area contributed by atoms with Crippen molar-refractivity contribution in [2.45, 2.75) is 26.2 Å². The molecule has 2 heterocycles. The lowest BCUT2D eigenvalue weighted by molar-refractivity contribution is -0.117. The summed E-state index contributed by atoms with van der Waals surface area (Å²) in [5.41, 5.74) is 1.31. The van der Waals surface area contributed by atoms with Gasteiger partial charge in [-0.1, -0.05) is 30.7 Å². The number of nitrogens with one attached hydrogen (secondary N) is 2. The van der Waals surface area contributed by atoms with Gasteiger partial charge in [-0.2, -0.15) is 0 Å². The van der Waals surface area contributed by atoms with E-state index in [0.717, 1.165) is 16.6 Å². The molecule has 1 amide bonds. The molecule has 1 aromatic carbocycles. The maximum Gasteiger partial charge on any atom is 0.332 e. The summed E-state index contributed by atoms with van der Waals surface area (Å²) in [6.45, 7) is 4.27. The minimum atomic E-state index is -0.615. The van der Waals surface area contributed by atoms with E-state index in [-0.39, 0.29) is 5.91 Å². The highest BCUT2D eigenvalue weighted by Gasteiger charge is 2.36. The molecule has 1 aromatic heterocycles. The Hall–Kier alpha value is -2.80. The molecule has 0 aliphatic carbocycles. The van der Waals surface area contributed by atoms with E-state index in [4.69, 9.17) is 11.6 Å². The van der Waals surface area contributed by atoms with Gasteiger partial charge in [-0.25, -0.2) is 4.79 Å². The molecule has 8 heteroatoms. The Morgan fingerprint density at radius 1 is 1.18 bits per heavy atom. The second-order valence-corrected chi connectivity index (χ2v) is 7.31. The van der Waals surface area contributed by atoms with Crippen LogP contribution in [0.4, 0.5) is 5.82 Å². The zero-order valence-corrected chi connectivity index (χ0v) is 17.1. The van der Waals surface area contributed by atoms with Crippen molar-refractivity contribution in [2.75, 3.05) is 11.9 Å². The average Bonchev–Trinajstić information content (AvgIpc) is 2.68. The van der Waals surface area contributed by atoms with E-state index in [1.807, 2.05) is 6.92 Å². The number of hydrogen-bond acceptors (Lipinski definition) is 4. The fourth-order valence-corrected chi connectivity index (χ4v) is 3.64. The van der Waals surface area contributed by atoms with E-state index in [2.05, 4.69) is 10.6 Å². The largest absolute Gasteiger partial charge is 0.352 e. The van der Waals surface area contributed by atoms with Gasteiger partial charge in [0, 0.05) is 36.9 Å². The van der Waals surface area contributed by atoms with Gasteiger partial charge < -0.3 is 10.6 Å². The molecule has 0 bridgehead atoms. The van der Waals surface area contributed by atoms with Crippen LogP contribution in [0.25, 0.3) is 0 Å². The van der Waals surface area contributed by atoms with Crippen LogP contribution in [0.15, 0.2) is 45.1 Å². The van der Waals surface area contributed by atoms with Crippen LogP contribution in [0, 0.1) is 0 Å². The molecule has 0 saturated heterocycles. The van der Waals surface area contributed by atoms with Crippen molar-refractivity contribution in [1.29, 1.82) is 0 Å². The predicted molar refractivity (Wildman–Crippen MR) is 110 cm³/mol. The number of aromatic nitrogens is 2. The monoisotopic (exact) mass is 402 g/mol. The lowest BCUT2D eigenvalue weighted by Gasteiger charge is -2.31. The van der Waals surface area contributed by atoms with E-state index < -0.39 is 17.2 Å². The normalized spacial score (nSPS) is 15.8. The summed E-state index contributed by atoms with van der Waals surface area (Å²) < 4.78 is 2.45. The van der Waals surface area contributed by atoms with Gasteiger partial charge in [0.2, 0.25) is 5.91 Å². The summed E-state index contributed by atoms with van der Waals surface area (Å²) in [4.78, 5) is 38.4. The number of allylic oxidation sites excluding steroid dienone is 1. The second-order valence-electron chi connectivity index (χ2n) is 6.87. The standard InChI is InChI=1S/C20H23ClN4O3/c1-5-10-22-18(26)14-11(2)23-17-16(19(27)25(4)20(28)24(17)3)15(14)12-6-8-13(21)9-7-12/h6-9,15,23H,5,10H2,1-4H3,(H,22,26). The number of hydrogen-bond donors (Lipinski definition) is 2. The van der Waals surface area contributed by atoms with Gasteiger partial charge in [0.25, 0.3) is 5.56 Å². The number of amides is 1. The van der Waals surface area contributed by atoms with Crippen LogP contribution in [-0.4, -0.2) is 21.6 Å². The maximum absolute atomic E-state index is 13.1. The van der Waals surface area contributed by atoms with Crippen molar-refractivity contribution in [3.05, 3.63) is 72.5 Å². The number of nitrogens with zero attached hydrogens (tertiary/aromatic N) is 2. The van der Waals surface area contributed by atoms with Crippen LogP contribution >= 0.6 is 11.6 Å². The topological polar surface area (TPSA) is 85.1 Å². The Morgan fingerprint density at radius 2 is 1.82 bits per heavy atom. The molecular weight excluding hydrogens is 380 g/mol. The third-order valence-electron chi connectivity index (χ3n) is 4.97. The Bertz CT molecular complexity index is 1080. The van der Waals surface area contributed by atoms with E-state index in [1.165, 1.54) is 11.6 Å². The molecule has 1 unspecified atom stereocenters. The van der Waals surface area contributed by atoms with Crippen molar-refractivity contribution >= 4 is 23.3 Å². The summed E-state index contributed by atoms with van der Waals surface area (Å²) >= 11 is 6.03. The zero-order valence-electron chi connectivity index (χ0n) is 16.3. The lowest BCUT2D eigenvalue weighted by Crippen LogP contribution is -2.44. The highest BCUT2D eigenvalue weighted by atomic mass is 35.5.